The second-order valence-corrected chi connectivity index (χ2v) is 9.92. The van der Waals surface area contributed by atoms with Crippen LogP contribution in [0.3, 0.4) is 0 Å². The predicted octanol–water partition coefficient (Wildman–Crippen LogP) is 2.52. The first kappa shape index (κ1) is 20.4. The van der Waals surface area contributed by atoms with E-state index in [1.54, 1.807) is 12.4 Å². The first-order chi connectivity index (χ1) is 14.0. The fourth-order valence-corrected chi connectivity index (χ4v) is 5.72. The second-order valence-electron chi connectivity index (χ2n) is 7.98. The fraction of sp³-hybridized carbons (Fsp3) is 0.476. The lowest BCUT2D eigenvalue weighted by atomic mass is 9.79. The number of rotatable bonds is 4. The van der Waals surface area contributed by atoms with Gasteiger partial charge < -0.3 is 4.74 Å². The Bertz CT molecular complexity index is 931. The molecule has 0 atom stereocenters. The number of aromatic nitrogens is 1. The first-order valence-corrected chi connectivity index (χ1v) is 11.4. The Labute approximate surface area is 171 Å². The Morgan fingerprint density at radius 1 is 1.10 bits per heavy atom. The third-order valence-corrected chi connectivity index (χ3v) is 7.79. The Morgan fingerprint density at radius 3 is 2.59 bits per heavy atom. The normalized spacial score (nSPS) is 21.1. The molecule has 0 radical (unpaired) electrons. The fourth-order valence-electron chi connectivity index (χ4n) is 4.24. The lowest BCUT2D eigenvalue weighted by Crippen LogP contribution is -2.48. The molecule has 2 aromatic rings. The Morgan fingerprint density at radius 2 is 1.86 bits per heavy atom. The standard InChI is InChI=1S/C21H26FN3O3S/c22-19-2-1-3-20(14-19)29(26,27)25-10-6-21(7-11-25)16-24(12-13-28-17-21)15-18-4-8-23-9-5-18/h1-5,8-9,14H,6-7,10-13,15-17H2. The Hall–Kier alpha value is -1.87. The van der Waals surface area contributed by atoms with E-state index in [1.165, 1.54) is 28.1 Å². The van der Waals surface area contributed by atoms with Crippen molar-refractivity contribution in [3.8, 4) is 0 Å². The lowest BCUT2D eigenvalue weighted by Gasteiger charge is -2.42. The van der Waals surface area contributed by atoms with E-state index in [9.17, 15) is 12.8 Å². The lowest BCUT2D eigenvalue weighted by molar-refractivity contribution is 0.0307. The molecule has 29 heavy (non-hydrogen) atoms. The van der Waals surface area contributed by atoms with Crippen molar-refractivity contribution in [1.29, 1.82) is 0 Å². The van der Waals surface area contributed by atoms with Crippen LogP contribution in [0.1, 0.15) is 18.4 Å². The van der Waals surface area contributed by atoms with Gasteiger partial charge in [0.2, 0.25) is 10.0 Å². The van der Waals surface area contributed by atoms with Gasteiger partial charge in [0.1, 0.15) is 5.82 Å². The van der Waals surface area contributed by atoms with Crippen LogP contribution in [-0.2, 0) is 21.3 Å². The molecular formula is C21H26FN3O3S. The molecule has 0 N–H and O–H groups in total. The van der Waals surface area contributed by atoms with Gasteiger partial charge in [0.15, 0.2) is 0 Å². The highest BCUT2D eigenvalue weighted by molar-refractivity contribution is 7.89. The van der Waals surface area contributed by atoms with Gasteiger partial charge in [-0.15, -0.1) is 0 Å². The third-order valence-electron chi connectivity index (χ3n) is 5.89. The molecule has 6 nitrogen and oxygen atoms in total. The number of sulfonamides is 1. The Kier molecular flexibility index (Phi) is 5.96. The summed E-state index contributed by atoms with van der Waals surface area (Å²) in [5.41, 5.74) is 1.15. The molecule has 2 aliphatic rings. The molecule has 2 aliphatic heterocycles. The van der Waals surface area contributed by atoms with Crippen LogP contribution in [-0.4, -0.2) is 62.0 Å². The molecule has 0 bridgehead atoms. The minimum absolute atomic E-state index is 0.0184. The van der Waals surface area contributed by atoms with E-state index in [2.05, 4.69) is 9.88 Å². The van der Waals surface area contributed by atoms with Crippen LogP contribution in [0.25, 0.3) is 0 Å². The number of hydrogen-bond acceptors (Lipinski definition) is 5. The molecule has 0 saturated carbocycles. The van der Waals surface area contributed by atoms with E-state index in [-0.39, 0.29) is 10.3 Å². The van der Waals surface area contributed by atoms with Gasteiger partial charge in [-0.05, 0) is 48.7 Å². The number of halogens is 1. The zero-order valence-electron chi connectivity index (χ0n) is 16.3. The van der Waals surface area contributed by atoms with Gasteiger partial charge in [-0.2, -0.15) is 4.31 Å². The monoisotopic (exact) mass is 419 g/mol. The van der Waals surface area contributed by atoms with Crippen molar-refractivity contribution in [1.82, 2.24) is 14.2 Å². The van der Waals surface area contributed by atoms with Crippen molar-refractivity contribution in [2.24, 2.45) is 5.41 Å². The summed E-state index contributed by atoms with van der Waals surface area (Å²) in [6.45, 7) is 4.74. The van der Waals surface area contributed by atoms with Gasteiger partial charge in [0, 0.05) is 50.5 Å². The summed E-state index contributed by atoms with van der Waals surface area (Å²) in [6.07, 6.45) is 5.06. The van der Waals surface area contributed by atoms with Crippen molar-refractivity contribution < 1.29 is 17.5 Å². The number of hydrogen-bond donors (Lipinski definition) is 0. The molecule has 1 aromatic heterocycles. The molecule has 8 heteroatoms. The van der Waals surface area contributed by atoms with E-state index in [1.807, 2.05) is 12.1 Å². The minimum Gasteiger partial charge on any atom is -0.379 e. The molecule has 156 valence electrons. The van der Waals surface area contributed by atoms with Crippen LogP contribution in [0.4, 0.5) is 4.39 Å². The van der Waals surface area contributed by atoms with Crippen LogP contribution < -0.4 is 0 Å². The summed E-state index contributed by atoms with van der Waals surface area (Å²) in [6, 6.07) is 9.27. The highest BCUT2D eigenvalue weighted by atomic mass is 32.2. The molecule has 2 saturated heterocycles. The van der Waals surface area contributed by atoms with Crippen molar-refractivity contribution in [3.63, 3.8) is 0 Å². The summed E-state index contributed by atoms with van der Waals surface area (Å²) in [7, 11) is -3.68. The number of benzene rings is 1. The highest BCUT2D eigenvalue weighted by Gasteiger charge is 2.41. The summed E-state index contributed by atoms with van der Waals surface area (Å²) in [5.74, 6) is -0.538. The molecule has 1 spiro atoms. The predicted molar refractivity (Wildman–Crippen MR) is 107 cm³/mol. The summed E-state index contributed by atoms with van der Waals surface area (Å²) < 4.78 is 46.7. The van der Waals surface area contributed by atoms with E-state index in [4.69, 9.17) is 4.74 Å². The van der Waals surface area contributed by atoms with Crippen molar-refractivity contribution in [2.75, 3.05) is 39.4 Å². The zero-order chi connectivity index (χ0) is 20.3. The summed E-state index contributed by atoms with van der Waals surface area (Å²) in [4.78, 5) is 6.48. The van der Waals surface area contributed by atoms with Crippen LogP contribution in [0.2, 0.25) is 0 Å². The number of ether oxygens (including phenoxy) is 1. The van der Waals surface area contributed by atoms with Crippen molar-refractivity contribution in [3.05, 3.63) is 60.2 Å². The molecule has 0 aliphatic carbocycles. The van der Waals surface area contributed by atoms with E-state index in [0.29, 0.717) is 26.3 Å². The van der Waals surface area contributed by atoms with Gasteiger partial charge in [-0.1, -0.05) is 6.07 Å². The average molecular weight is 420 g/mol. The molecule has 2 fully saturated rings. The van der Waals surface area contributed by atoms with Gasteiger partial charge in [0.25, 0.3) is 0 Å². The minimum atomic E-state index is -3.68. The zero-order valence-corrected chi connectivity index (χ0v) is 17.2. The maximum absolute atomic E-state index is 13.5. The van der Waals surface area contributed by atoms with Gasteiger partial charge >= 0.3 is 0 Å². The molecule has 4 rings (SSSR count). The van der Waals surface area contributed by atoms with E-state index >= 15 is 0 Å². The molecular weight excluding hydrogens is 393 g/mol. The number of piperidine rings is 1. The first-order valence-electron chi connectivity index (χ1n) is 9.92. The molecule has 0 unspecified atom stereocenters. The van der Waals surface area contributed by atoms with Crippen molar-refractivity contribution in [2.45, 2.75) is 24.3 Å². The number of pyridine rings is 1. The average Bonchev–Trinajstić information content (AvgIpc) is 2.91. The van der Waals surface area contributed by atoms with Crippen LogP contribution >= 0.6 is 0 Å². The maximum atomic E-state index is 13.5. The molecule has 1 aromatic carbocycles. The highest BCUT2D eigenvalue weighted by Crippen LogP contribution is 2.36. The molecule has 3 heterocycles. The third kappa shape index (κ3) is 4.66. The maximum Gasteiger partial charge on any atom is 0.243 e. The van der Waals surface area contributed by atoms with E-state index < -0.39 is 15.8 Å². The second kappa shape index (κ2) is 8.47. The topological polar surface area (TPSA) is 62.7 Å². The Balaban J connectivity index is 1.44. The number of nitrogens with zero attached hydrogens (tertiary/aromatic N) is 3. The van der Waals surface area contributed by atoms with Gasteiger partial charge in [0.05, 0.1) is 18.1 Å². The van der Waals surface area contributed by atoms with Crippen LogP contribution in [0, 0.1) is 11.2 Å². The van der Waals surface area contributed by atoms with Crippen molar-refractivity contribution >= 4 is 10.0 Å². The smallest absolute Gasteiger partial charge is 0.243 e. The summed E-state index contributed by atoms with van der Waals surface area (Å²) in [5, 5.41) is 0. The van der Waals surface area contributed by atoms with Crippen LogP contribution in [0.15, 0.2) is 53.7 Å². The van der Waals surface area contributed by atoms with Gasteiger partial charge in [-0.3, -0.25) is 9.88 Å². The quantitative estimate of drug-likeness (QED) is 0.762. The summed E-state index contributed by atoms with van der Waals surface area (Å²) >= 11 is 0. The molecule has 0 amide bonds. The van der Waals surface area contributed by atoms with Gasteiger partial charge in [-0.25, -0.2) is 12.8 Å². The SMILES string of the molecule is O=S(=O)(c1cccc(F)c1)N1CCC2(CC1)COCCN(Cc1ccncc1)C2. The van der Waals surface area contributed by atoms with E-state index in [0.717, 1.165) is 38.5 Å². The largest absolute Gasteiger partial charge is 0.379 e. The van der Waals surface area contributed by atoms with Crippen LogP contribution in [0.5, 0.6) is 0 Å².